The molecular weight excluding hydrogens is 281 g/mol. The van der Waals surface area contributed by atoms with Gasteiger partial charge >= 0.3 is 7.12 Å². The first-order chi connectivity index (χ1) is 10.6. The molecule has 2 aromatic carbocycles. The summed E-state index contributed by atoms with van der Waals surface area (Å²) < 4.78 is 0. The minimum Gasteiger partial charge on any atom is -0.508 e. The summed E-state index contributed by atoms with van der Waals surface area (Å²) in [5.74, 6) is 0.839. The third-order valence-electron chi connectivity index (χ3n) is 3.36. The zero-order valence-corrected chi connectivity index (χ0v) is 11.6. The second-order valence-corrected chi connectivity index (χ2v) is 4.89. The van der Waals surface area contributed by atoms with Gasteiger partial charge in [-0.3, -0.25) is 0 Å². The van der Waals surface area contributed by atoms with Crippen LogP contribution >= 0.6 is 0 Å². The minimum atomic E-state index is -1.46. The number of aromatic nitrogens is 2. The Kier molecular flexibility index (Phi) is 3.91. The summed E-state index contributed by atoms with van der Waals surface area (Å²) in [6.07, 6.45) is 1.44. The molecule has 0 aliphatic rings. The number of nitrogens with one attached hydrogen (secondary N) is 1. The predicted molar refractivity (Wildman–Crippen MR) is 84.8 cm³/mol. The van der Waals surface area contributed by atoms with Crippen molar-refractivity contribution < 1.29 is 15.2 Å². The number of nitrogens with zero attached hydrogens (tertiary/aromatic N) is 2. The lowest BCUT2D eigenvalue weighted by molar-refractivity contribution is 0.426. The van der Waals surface area contributed by atoms with Crippen LogP contribution in [0.4, 0.5) is 5.82 Å². The summed E-state index contributed by atoms with van der Waals surface area (Å²) in [7, 11) is -1.46. The fraction of sp³-hybridized carbons (Fsp3) is 0.0667. The lowest BCUT2D eigenvalue weighted by Gasteiger charge is -2.09. The molecule has 0 saturated heterocycles. The van der Waals surface area contributed by atoms with E-state index in [2.05, 4.69) is 15.3 Å². The third kappa shape index (κ3) is 3.00. The number of aromatic hydroxyl groups is 1. The number of phenolic OH excluding ortho intramolecular Hbond substituents is 1. The van der Waals surface area contributed by atoms with Crippen molar-refractivity contribution in [3.8, 4) is 5.75 Å². The first kappa shape index (κ1) is 14.3. The van der Waals surface area contributed by atoms with Gasteiger partial charge in [-0.1, -0.05) is 24.3 Å². The van der Waals surface area contributed by atoms with Crippen molar-refractivity contribution in [1.82, 2.24) is 9.97 Å². The summed E-state index contributed by atoms with van der Waals surface area (Å²) >= 11 is 0. The van der Waals surface area contributed by atoms with Crippen LogP contribution in [0.15, 0.2) is 48.8 Å². The van der Waals surface area contributed by atoms with E-state index in [9.17, 15) is 5.11 Å². The number of fused-ring (bicyclic) bond motifs is 1. The summed E-state index contributed by atoms with van der Waals surface area (Å²) in [6.45, 7) is 0.537. The van der Waals surface area contributed by atoms with E-state index in [1.807, 2.05) is 12.1 Å². The zero-order chi connectivity index (χ0) is 15.5. The Morgan fingerprint density at radius 2 is 1.77 bits per heavy atom. The Balaban J connectivity index is 1.79. The van der Waals surface area contributed by atoms with Crippen LogP contribution in [0.25, 0.3) is 10.9 Å². The molecule has 1 aromatic heterocycles. The molecule has 0 radical (unpaired) electrons. The molecule has 3 aromatic rings. The fourth-order valence-electron chi connectivity index (χ4n) is 2.18. The van der Waals surface area contributed by atoms with Gasteiger partial charge < -0.3 is 20.5 Å². The van der Waals surface area contributed by atoms with E-state index < -0.39 is 7.12 Å². The smallest absolute Gasteiger partial charge is 0.488 e. The van der Waals surface area contributed by atoms with Gasteiger partial charge in [0.15, 0.2) is 0 Å². The van der Waals surface area contributed by atoms with Gasteiger partial charge in [-0.15, -0.1) is 0 Å². The lowest BCUT2D eigenvalue weighted by Crippen LogP contribution is -2.29. The number of rotatable bonds is 4. The Bertz CT molecular complexity index is 794. The molecule has 110 valence electrons. The number of anilines is 1. The highest BCUT2D eigenvalue weighted by molar-refractivity contribution is 6.58. The van der Waals surface area contributed by atoms with Crippen LogP contribution in [0.2, 0.25) is 0 Å². The van der Waals surface area contributed by atoms with Gasteiger partial charge in [-0.05, 0) is 23.2 Å². The third-order valence-corrected chi connectivity index (χ3v) is 3.36. The van der Waals surface area contributed by atoms with E-state index in [0.29, 0.717) is 23.3 Å². The van der Waals surface area contributed by atoms with Crippen molar-refractivity contribution in [2.45, 2.75) is 6.54 Å². The quantitative estimate of drug-likeness (QED) is 0.527. The molecule has 0 fully saturated rings. The zero-order valence-electron chi connectivity index (χ0n) is 11.6. The second kappa shape index (κ2) is 6.01. The molecule has 0 atom stereocenters. The van der Waals surface area contributed by atoms with Crippen LogP contribution in [0.5, 0.6) is 5.75 Å². The van der Waals surface area contributed by atoms with Gasteiger partial charge in [0.05, 0.1) is 5.52 Å². The van der Waals surface area contributed by atoms with Crippen molar-refractivity contribution in [1.29, 1.82) is 0 Å². The maximum atomic E-state index is 9.48. The van der Waals surface area contributed by atoms with Crippen molar-refractivity contribution in [3.05, 3.63) is 54.4 Å². The molecule has 0 bridgehead atoms. The maximum absolute atomic E-state index is 9.48. The van der Waals surface area contributed by atoms with Crippen LogP contribution in [-0.4, -0.2) is 32.2 Å². The molecule has 0 spiro atoms. The van der Waals surface area contributed by atoms with E-state index >= 15 is 0 Å². The van der Waals surface area contributed by atoms with Gasteiger partial charge in [0.1, 0.15) is 17.9 Å². The van der Waals surface area contributed by atoms with E-state index in [4.69, 9.17) is 10.0 Å². The highest BCUT2D eigenvalue weighted by atomic mass is 16.4. The van der Waals surface area contributed by atoms with Gasteiger partial charge in [-0.2, -0.15) is 0 Å². The SMILES string of the molecule is OB(O)c1ccc(CNc2ncnc3cc(O)ccc23)cc1. The summed E-state index contributed by atoms with van der Waals surface area (Å²) in [6, 6.07) is 11.9. The maximum Gasteiger partial charge on any atom is 0.488 e. The first-order valence-electron chi connectivity index (χ1n) is 6.76. The lowest BCUT2D eigenvalue weighted by atomic mass is 9.80. The fourth-order valence-corrected chi connectivity index (χ4v) is 2.18. The van der Waals surface area contributed by atoms with Crippen molar-refractivity contribution in [2.24, 2.45) is 0 Å². The number of phenols is 1. The van der Waals surface area contributed by atoms with Crippen molar-refractivity contribution in [2.75, 3.05) is 5.32 Å². The Labute approximate surface area is 127 Å². The topological polar surface area (TPSA) is 98.5 Å². The summed E-state index contributed by atoms with van der Waals surface area (Å²) in [5, 5.41) is 31.6. The normalized spacial score (nSPS) is 10.6. The molecular formula is C15H14BN3O3. The molecule has 0 amide bonds. The van der Waals surface area contributed by atoms with Gasteiger partial charge in [0, 0.05) is 18.0 Å². The molecule has 3 rings (SSSR count). The molecule has 0 aliphatic carbocycles. The van der Waals surface area contributed by atoms with Gasteiger partial charge in [0.2, 0.25) is 0 Å². The molecule has 4 N–H and O–H groups in total. The number of benzene rings is 2. The van der Waals surface area contributed by atoms with Crippen LogP contribution in [0.1, 0.15) is 5.56 Å². The number of hydrogen-bond donors (Lipinski definition) is 4. The molecule has 0 saturated carbocycles. The molecule has 1 heterocycles. The molecule has 22 heavy (non-hydrogen) atoms. The average molecular weight is 295 g/mol. The largest absolute Gasteiger partial charge is 0.508 e. The highest BCUT2D eigenvalue weighted by Crippen LogP contribution is 2.23. The molecule has 7 heteroatoms. The van der Waals surface area contributed by atoms with Gasteiger partial charge in [-0.25, -0.2) is 9.97 Å². The Morgan fingerprint density at radius 3 is 2.50 bits per heavy atom. The predicted octanol–water partition coefficient (Wildman–Crippen LogP) is 0.627. The van der Waals surface area contributed by atoms with E-state index in [1.54, 1.807) is 30.3 Å². The molecule has 0 unspecified atom stereocenters. The average Bonchev–Trinajstić information content (AvgIpc) is 2.52. The van der Waals surface area contributed by atoms with Crippen LogP contribution < -0.4 is 10.8 Å². The Hall–Kier alpha value is -2.64. The standard InChI is InChI=1S/C15H14BN3O3/c20-12-5-6-13-14(7-12)18-9-19-15(13)17-8-10-1-3-11(4-2-10)16(21)22/h1-7,9,20-22H,8H2,(H,17,18,19). The van der Waals surface area contributed by atoms with E-state index in [0.717, 1.165) is 10.9 Å². The molecule has 0 aliphatic heterocycles. The summed E-state index contributed by atoms with van der Waals surface area (Å²) in [4.78, 5) is 8.34. The first-order valence-corrected chi connectivity index (χ1v) is 6.76. The second-order valence-electron chi connectivity index (χ2n) is 4.89. The Morgan fingerprint density at radius 1 is 1.00 bits per heavy atom. The van der Waals surface area contributed by atoms with Crippen molar-refractivity contribution in [3.63, 3.8) is 0 Å². The molecule has 6 nitrogen and oxygen atoms in total. The minimum absolute atomic E-state index is 0.162. The van der Waals surface area contributed by atoms with E-state index in [-0.39, 0.29) is 5.75 Å². The van der Waals surface area contributed by atoms with E-state index in [1.165, 1.54) is 6.33 Å². The number of hydrogen-bond acceptors (Lipinski definition) is 6. The van der Waals surface area contributed by atoms with Crippen LogP contribution in [0, 0.1) is 0 Å². The van der Waals surface area contributed by atoms with Crippen LogP contribution in [0.3, 0.4) is 0 Å². The monoisotopic (exact) mass is 295 g/mol. The van der Waals surface area contributed by atoms with Crippen LogP contribution in [-0.2, 0) is 6.54 Å². The van der Waals surface area contributed by atoms with Gasteiger partial charge in [0.25, 0.3) is 0 Å². The van der Waals surface area contributed by atoms with Crippen molar-refractivity contribution >= 4 is 29.3 Å². The summed E-state index contributed by atoms with van der Waals surface area (Å²) in [5.41, 5.74) is 2.10. The highest BCUT2D eigenvalue weighted by Gasteiger charge is 2.10.